The molecule has 0 spiro atoms. The van der Waals surface area contributed by atoms with Crippen molar-refractivity contribution in [2.45, 2.75) is 71.1 Å². The molecule has 7 N–H and O–H groups in total. The molecule has 1 aromatic heterocycles. The van der Waals surface area contributed by atoms with Crippen molar-refractivity contribution in [2.24, 2.45) is 17.6 Å². The highest BCUT2D eigenvalue weighted by Crippen LogP contribution is 2.12. The van der Waals surface area contributed by atoms with E-state index in [4.69, 9.17) is 5.73 Å². The van der Waals surface area contributed by atoms with Gasteiger partial charge in [-0.1, -0.05) is 64.4 Å². The Morgan fingerprint density at radius 2 is 1.59 bits per heavy atom. The van der Waals surface area contributed by atoms with Crippen LogP contribution in [0.5, 0.6) is 0 Å². The van der Waals surface area contributed by atoms with Crippen LogP contribution in [-0.2, 0) is 32.0 Å². The third kappa shape index (κ3) is 9.02. The number of hydrogen-bond donors (Lipinski definition) is 6. The number of aliphatic carboxylic acids is 1. The van der Waals surface area contributed by atoms with Crippen LogP contribution in [0.15, 0.2) is 42.9 Å². The van der Waals surface area contributed by atoms with Crippen molar-refractivity contribution in [3.05, 3.63) is 54.1 Å². The van der Waals surface area contributed by atoms with Gasteiger partial charge in [-0.3, -0.25) is 14.4 Å². The average Bonchev–Trinajstić information content (AvgIpc) is 3.38. The van der Waals surface area contributed by atoms with E-state index in [1.54, 1.807) is 6.92 Å². The Kier molecular flexibility index (Phi) is 11.3. The van der Waals surface area contributed by atoms with Crippen molar-refractivity contribution in [3.63, 3.8) is 0 Å². The minimum atomic E-state index is -1.22. The number of hydrogen-bond acceptors (Lipinski definition) is 6. The van der Waals surface area contributed by atoms with Gasteiger partial charge >= 0.3 is 5.97 Å². The number of nitrogens with one attached hydrogen (secondary N) is 4. The first kappa shape index (κ1) is 29.5. The number of H-pyrrole nitrogens is 1. The number of carboxylic acids is 1. The predicted octanol–water partition coefficient (Wildman–Crippen LogP) is 0.763. The number of benzene rings is 1. The summed E-state index contributed by atoms with van der Waals surface area (Å²) in [6.45, 7) is 7.26. The van der Waals surface area contributed by atoms with Crippen LogP contribution < -0.4 is 21.7 Å². The topological polar surface area (TPSA) is 179 Å². The van der Waals surface area contributed by atoms with Gasteiger partial charge in [0.05, 0.1) is 12.4 Å². The van der Waals surface area contributed by atoms with Gasteiger partial charge in [-0.25, -0.2) is 9.78 Å². The van der Waals surface area contributed by atoms with E-state index < -0.39 is 47.9 Å². The first-order chi connectivity index (χ1) is 17.5. The third-order valence-corrected chi connectivity index (χ3v) is 6.32. The number of rotatable bonds is 14. The summed E-state index contributed by atoms with van der Waals surface area (Å²) in [7, 11) is 0. The molecule has 202 valence electrons. The molecule has 0 aliphatic rings. The molecule has 11 nitrogen and oxygen atoms in total. The Labute approximate surface area is 217 Å². The maximum atomic E-state index is 13.4. The zero-order chi connectivity index (χ0) is 27.5. The Hall–Kier alpha value is -3.73. The molecule has 0 aliphatic heterocycles. The van der Waals surface area contributed by atoms with Crippen LogP contribution in [0.2, 0.25) is 0 Å². The largest absolute Gasteiger partial charge is 0.480 e. The van der Waals surface area contributed by atoms with Gasteiger partial charge in [0, 0.05) is 24.7 Å². The zero-order valence-corrected chi connectivity index (χ0v) is 21.7. The van der Waals surface area contributed by atoms with E-state index in [1.807, 2.05) is 51.1 Å². The van der Waals surface area contributed by atoms with Crippen LogP contribution in [0.3, 0.4) is 0 Å². The maximum Gasteiger partial charge on any atom is 0.326 e. The van der Waals surface area contributed by atoms with Crippen molar-refractivity contribution < 1.29 is 24.3 Å². The van der Waals surface area contributed by atoms with E-state index in [1.165, 1.54) is 12.5 Å². The molecule has 0 radical (unpaired) electrons. The molecule has 2 rings (SSSR count). The molecular weight excluding hydrogens is 476 g/mol. The number of nitrogens with zero attached hydrogens (tertiary/aromatic N) is 1. The van der Waals surface area contributed by atoms with Crippen LogP contribution in [0.1, 0.15) is 45.4 Å². The third-order valence-electron chi connectivity index (χ3n) is 6.32. The summed E-state index contributed by atoms with van der Waals surface area (Å²) in [6.07, 6.45) is 3.64. The molecule has 5 unspecified atom stereocenters. The first-order valence-electron chi connectivity index (χ1n) is 12.4. The fourth-order valence-electron chi connectivity index (χ4n) is 3.66. The number of aromatic amines is 1. The zero-order valence-electron chi connectivity index (χ0n) is 21.7. The van der Waals surface area contributed by atoms with E-state index >= 15 is 0 Å². The molecule has 5 atom stereocenters. The second kappa shape index (κ2) is 14.1. The smallest absolute Gasteiger partial charge is 0.326 e. The molecule has 0 saturated heterocycles. The van der Waals surface area contributed by atoms with Crippen LogP contribution in [0.4, 0.5) is 0 Å². The summed E-state index contributed by atoms with van der Waals surface area (Å²) in [5.74, 6) is -3.32. The second-order valence-corrected chi connectivity index (χ2v) is 9.57. The molecule has 1 heterocycles. The molecule has 0 bridgehead atoms. The van der Waals surface area contributed by atoms with Gasteiger partial charge in [-0.15, -0.1) is 0 Å². The van der Waals surface area contributed by atoms with Crippen molar-refractivity contribution in [2.75, 3.05) is 0 Å². The van der Waals surface area contributed by atoms with Crippen molar-refractivity contribution in [3.8, 4) is 0 Å². The van der Waals surface area contributed by atoms with Gasteiger partial charge in [-0.05, 0) is 17.4 Å². The predicted molar refractivity (Wildman–Crippen MR) is 138 cm³/mol. The van der Waals surface area contributed by atoms with Gasteiger partial charge < -0.3 is 31.8 Å². The van der Waals surface area contributed by atoms with Crippen LogP contribution in [0, 0.1) is 11.8 Å². The van der Waals surface area contributed by atoms with E-state index in [0.29, 0.717) is 12.1 Å². The Morgan fingerprint density at radius 3 is 2.14 bits per heavy atom. The second-order valence-electron chi connectivity index (χ2n) is 9.57. The maximum absolute atomic E-state index is 13.4. The fourth-order valence-corrected chi connectivity index (χ4v) is 3.66. The van der Waals surface area contributed by atoms with Gasteiger partial charge in [-0.2, -0.15) is 0 Å². The van der Waals surface area contributed by atoms with Gasteiger partial charge in [0.1, 0.15) is 18.1 Å². The van der Waals surface area contributed by atoms with Crippen molar-refractivity contribution in [1.29, 1.82) is 0 Å². The normalized spacial score (nSPS) is 15.2. The number of imidazole rings is 1. The molecule has 3 amide bonds. The molecule has 0 aliphatic carbocycles. The number of carboxylic acid groups (broad SMARTS) is 1. The quantitative estimate of drug-likeness (QED) is 0.215. The monoisotopic (exact) mass is 514 g/mol. The Bertz CT molecular complexity index is 1030. The average molecular weight is 515 g/mol. The first-order valence-corrected chi connectivity index (χ1v) is 12.4. The summed E-state index contributed by atoms with van der Waals surface area (Å²) >= 11 is 0. The highest BCUT2D eigenvalue weighted by atomic mass is 16.4. The summed E-state index contributed by atoms with van der Waals surface area (Å²) < 4.78 is 0. The number of aromatic nitrogens is 2. The SMILES string of the molecule is CCC(C)C(NC(=O)C(Cc1ccccc1)NC(=O)C(N)C(C)C)C(=O)NC(Cc1cnc[nH]1)C(=O)O. The lowest BCUT2D eigenvalue weighted by Crippen LogP contribution is -2.59. The lowest BCUT2D eigenvalue weighted by molar-refractivity contribution is -0.142. The van der Waals surface area contributed by atoms with E-state index in [2.05, 4.69) is 25.9 Å². The van der Waals surface area contributed by atoms with E-state index in [-0.39, 0.29) is 24.7 Å². The van der Waals surface area contributed by atoms with E-state index in [9.17, 15) is 24.3 Å². The van der Waals surface area contributed by atoms with E-state index in [0.717, 1.165) is 5.56 Å². The minimum Gasteiger partial charge on any atom is -0.480 e. The molecule has 0 fully saturated rings. The number of nitrogens with two attached hydrogens (primary N) is 1. The number of amides is 3. The van der Waals surface area contributed by atoms with Crippen LogP contribution in [0.25, 0.3) is 0 Å². The summed E-state index contributed by atoms with van der Waals surface area (Å²) in [4.78, 5) is 57.8. The lowest BCUT2D eigenvalue weighted by Gasteiger charge is -2.28. The van der Waals surface area contributed by atoms with Crippen molar-refractivity contribution in [1.82, 2.24) is 25.9 Å². The molecule has 2 aromatic rings. The van der Waals surface area contributed by atoms with Gasteiger partial charge in [0.25, 0.3) is 0 Å². The van der Waals surface area contributed by atoms with Crippen LogP contribution in [-0.4, -0.2) is 62.9 Å². The minimum absolute atomic E-state index is 0.00201. The lowest BCUT2D eigenvalue weighted by atomic mass is 9.96. The number of carbonyl (C=O) groups is 4. The highest BCUT2D eigenvalue weighted by molar-refractivity contribution is 5.94. The Morgan fingerprint density at radius 1 is 0.946 bits per heavy atom. The van der Waals surface area contributed by atoms with Crippen molar-refractivity contribution >= 4 is 23.7 Å². The molecule has 37 heavy (non-hydrogen) atoms. The summed E-state index contributed by atoms with van der Waals surface area (Å²) in [5, 5.41) is 17.6. The van der Waals surface area contributed by atoms with Gasteiger partial charge in [0.2, 0.25) is 17.7 Å². The summed E-state index contributed by atoms with van der Waals surface area (Å²) in [5.41, 5.74) is 7.35. The summed E-state index contributed by atoms with van der Waals surface area (Å²) in [6, 6.07) is 5.13. The fraction of sp³-hybridized carbons (Fsp3) is 0.500. The van der Waals surface area contributed by atoms with Gasteiger partial charge in [0.15, 0.2) is 0 Å². The number of carbonyl (C=O) groups excluding carboxylic acids is 3. The Balaban J connectivity index is 2.22. The molecule has 1 aromatic carbocycles. The highest BCUT2D eigenvalue weighted by Gasteiger charge is 2.33. The standard InChI is InChI=1S/C26H38N6O5/c1-5-16(4)22(25(35)31-20(26(36)37)12-18-13-28-14-29-18)32-23(33)19(11-17-9-7-6-8-10-17)30-24(34)21(27)15(2)3/h6-10,13-16,19-22H,5,11-12,27H2,1-4H3,(H,28,29)(H,30,34)(H,31,35)(H,32,33)(H,36,37). The molecular formula is C26H38N6O5. The van der Waals surface area contributed by atoms with Crippen LogP contribution >= 0.6 is 0 Å². The molecule has 0 saturated carbocycles. The molecule has 11 heteroatoms.